The minimum absolute atomic E-state index is 0.0420. The average Bonchev–Trinajstić information content (AvgIpc) is 2.60. The van der Waals surface area contributed by atoms with Gasteiger partial charge in [0.2, 0.25) is 11.8 Å². The fourth-order valence-corrected chi connectivity index (χ4v) is 2.53. The molecule has 2 rings (SSSR count). The molecule has 2 N–H and O–H groups in total. The van der Waals surface area contributed by atoms with Gasteiger partial charge in [-0.1, -0.05) is 41.9 Å². The van der Waals surface area contributed by atoms with Gasteiger partial charge in [-0.2, -0.15) is 13.2 Å². The SMILES string of the molecule is O=C(CC(=O)Nc1cc(C(F)(F)F)ccc1Cl)NCCCc1ccccc1. The second-order valence-electron chi connectivity index (χ2n) is 5.86. The van der Waals surface area contributed by atoms with E-state index in [1.165, 1.54) is 0 Å². The summed E-state index contributed by atoms with van der Waals surface area (Å²) in [5, 5.41) is 4.80. The maximum Gasteiger partial charge on any atom is 0.416 e. The molecule has 0 atom stereocenters. The van der Waals surface area contributed by atoms with Gasteiger partial charge < -0.3 is 10.6 Å². The Hall–Kier alpha value is -2.54. The second-order valence-corrected chi connectivity index (χ2v) is 6.26. The number of nitrogens with one attached hydrogen (secondary N) is 2. The second kappa shape index (κ2) is 9.41. The van der Waals surface area contributed by atoms with Crippen molar-refractivity contribution in [2.24, 2.45) is 0 Å². The molecule has 27 heavy (non-hydrogen) atoms. The van der Waals surface area contributed by atoms with Gasteiger partial charge in [0.25, 0.3) is 0 Å². The van der Waals surface area contributed by atoms with Gasteiger partial charge in [-0.3, -0.25) is 9.59 Å². The molecule has 8 heteroatoms. The highest BCUT2D eigenvalue weighted by molar-refractivity contribution is 6.33. The number of aryl methyl sites for hydroxylation is 1. The molecule has 0 radical (unpaired) electrons. The van der Waals surface area contributed by atoms with Crippen molar-refractivity contribution in [2.75, 3.05) is 11.9 Å². The molecular weight excluding hydrogens is 381 g/mol. The predicted octanol–water partition coefficient (Wildman–Crippen LogP) is 4.44. The van der Waals surface area contributed by atoms with Crippen LogP contribution in [0, 0.1) is 0 Å². The molecule has 0 unspecified atom stereocenters. The molecule has 0 aliphatic heterocycles. The number of halogens is 4. The van der Waals surface area contributed by atoms with E-state index in [0.29, 0.717) is 13.0 Å². The van der Waals surface area contributed by atoms with Crippen LogP contribution in [0.4, 0.5) is 18.9 Å². The topological polar surface area (TPSA) is 58.2 Å². The summed E-state index contributed by atoms with van der Waals surface area (Å²) in [4.78, 5) is 23.7. The lowest BCUT2D eigenvalue weighted by atomic mass is 10.1. The zero-order valence-electron chi connectivity index (χ0n) is 14.3. The lowest BCUT2D eigenvalue weighted by molar-refractivity contribution is -0.137. The van der Waals surface area contributed by atoms with Gasteiger partial charge in [0.05, 0.1) is 16.3 Å². The molecule has 2 amide bonds. The van der Waals surface area contributed by atoms with Crippen LogP contribution in [-0.2, 0) is 22.2 Å². The molecule has 2 aromatic rings. The minimum Gasteiger partial charge on any atom is -0.356 e. The Morgan fingerprint density at radius 2 is 1.70 bits per heavy atom. The molecule has 0 saturated carbocycles. The van der Waals surface area contributed by atoms with E-state index in [1.807, 2.05) is 30.3 Å². The maximum atomic E-state index is 12.7. The van der Waals surface area contributed by atoms with Crippen LogP contribution in [0.15, 0.2) is 48.5 Å². The van der Waals surface area contributed by atoms with Gasteiger partial charge in [0.1, 0.15) is 6.42 Å². The van der Waals surface area contributed by atoms with Gasteiger partial charge in [0.15, 0.2) is 0 Å². The molecule has 0 spiro atoms. The number of carbonyl (C=O) groups is 2. The highest BCUT2D eigenvalue weighted by Crippen LogP contribution is 2.33. The lowest BCUT2D eigenvalue weighted by Crippen LogP contribution is -2.29. The van der Waals surface area contributed by atoms with E-state index in [-0.39, 0.29) is 10.7 Å². The zero-order chi connectivity index (χ0) is 19.9. The van der Waals surface area contributed by atoms with Crippen molar-refractivity contribution in [3.63, 3.8) is 0 Å². The Morgan fingerprint density at radius 3 is 2.37 bits per heavy atom. The van der Waals surface area contributed by atoms with Crippen molar-refractivity contribution < 1.29 is 22.8 Å². The number of rotatable bonds is 7. The van der Waals surface area contributed by atoms with Gasteiger partial charge >= 0.3 is 6.18 Å². The van der Waals surface area contributed by atoms with Gasteiger partial charge in [-0.25, -0.2) is 0 Å². The summed E-state index contributed by atoms with van der Waals surface area (Å²) in [5.41, 5.74) is 0.0182. The van der Waals surface area contributed by atoms with Crippen molar-refractivity contribution in [3.8, 4) is 0 Å². The molecule has 4 nitrogen and oxygen atoms in total. The van der Waals surface area contributed by atoms with E-state index in [0.717, 1.165) is 30.2 Å². The highest BCUT2D eigenvalue weighted by Gasteiger charge is 2.31. The third kappa shape index (κ3) is 6.94. The fraction of sp³-hybridized carbons (Fsp3) is 0.263. The van der Waals surface area contributed by atoms with E-state index >= 15 is 0 Å². The Balaban J connectivity index is 1.79. The van der Waals surface area contributed by atoms with Crippen LogP contribution < -0.4 is 10.6 Å². The molecule has 0 aliphatic carbocycles. The number of benzene rings is 2. The smallest absolute Gasteiger partial charge is 0.356 e. The first-order valence-electron chi connectivity index (χ1n) is 8.23. The number of carbonyl (C=O) groups excluding carboxylic acids is 2. The van der Waals surface area contributed by atoms with Gasteiger partial charge in [0, 0.05) is 6.54 Å². The summed E-state index contributed by atoms with van der Waals surface area (Å²) in [7, 11) is 0. The van der Waals surface area contributed by atoms with Crippen LogP contribution in [0.5, 0.6) is 0 Å². The number of amides is 2. The summed E-state index contributed by atoms with van der Waals surface area (Å²) in [5.74, 6) is -1.25. The van der Waals surface area contributed by atoms with Crippen LogP contribution in [-0.4, -0.2) is 18.4 Å². The van der Waals surface area contributed by atoms with Crippen molar-refractivity contribution in [3.05, 3.63) is 64.7 Å². The first-order chi connectivity index (χ1) is 12.8. The minimum atomic E-state index is -4.56. The van der Waals surface area contributed by atoms with Crippen molar-refractivity contribution >= 4 is 29.1 Å². The Morgan fingerprint density at radius 1 is 1.00 bits per heavy atom. The third-order valence-corrected chi connectivity index (χ3v) is 4.03. The van der Waals surface area contributed by atoms with Gasteiger partial charge in [-0.15, -0.1) is 0 Å². The molecule has 0 aromatic heterocycles. The predicted molar refractivity (Wildman–Crippen MR) is 97.5 cm³/mol. The zero-order valence-corrected chi connectivity index (χ0v) is 15.0. The normalized spacial score (nSPS) is 11.1. The first kappa shape index (κ1) is 20.8. The van der Waals surface area contributed by atoms with Crippen LogP contribution in [0.25, 0.3) is 0 Å². The Labute approximate surface area is 159 Å². The van der Waals surface area contributed by atoms with E-state index in [1.54, 1.807) is 0 Å². The Kier molecular flexibility index (Phi) is 7.24. The molecule has 0 fully saturated rings. The lowest BCUT2D eigenvalue weighted by Gasteiger charge is -2.11. The largest absolute Gasteiger partial charge is 0.416 e. The van der Waals surface area contributed by atoms with Gasteiger partial charge in [-0.05, 0) is 36.6 Å². The van der Waals surface area contributed by atoms with Crippen molar-refractivity contribution in [1.82, 2.24) is 5.32 Å². The standard InChI is InChI=1S/C19H18ClF3N2O2/c20-15-9-8-14(19(21,22)23)11-16(15)25-18(27)12-17(26)24-10-4-7-13-5-2-1-3-6-13/h1-3,5-6,8-9,11H,4,7,10,12H2,(H,24,26)(H,25,27). The summed E-state index contributed by atoms with van der Waals surface area (Å²) in [6.07, 6.45) is -3.57. The summed E-state index contributed by atoms with van der Waals surface area (Å²) in [6, 6.07) is 12.3. The molecule has 144 valence electrons. The molecule has 0 saturated heterocycles. The summed E-state index contributed by atoms with van der Waals surface area (Å²) < 4.78 is 38.2. The third-order valence-electron chi connectivity index (χ3n) is 3.70. The monoisotopic (exact) mass is 398 g/mol. The molecule has 0 bridgehead atoms. The number of hydrogen-bond donors (Lipinski definition) is 2. The first-order valence-corrected chi connectivity index (χ1v) is 8.61. The quantitative estimate of drug-likeness (QED) is 0.535. The maximum absolute atomic E-state index is 12.7. The van der Waals surface area contributed by atoms with E-state index in [2.05, 4.69) is 10.6 Å². The summed E-state index contributed by atoms with van der Waals surface area (Å²) >= 11 is 5.80. The highest BCUT2D eigenvalue weighted by atomic mass is 35.5. The van der Waals surface area contributed by atoms with Crippen molar-refractivity contribution in [2.45, 2.75) is 25.4 Å². The van der Waals surface area contributed by atoms with Crippen LogP contribution in [0.1, 0.15) is 24.0 Å². The molecule has 0 heterocycles. The number of alkyl halides is 3. The molecule has 2 aromatic carbocycles. The van der Waals surface area contributed by atoms with Crippen molar-refractivity contribution in [1.29, 1.82) is 0 Å². The number of anilines is 1. The van der Waals surface area contributed by atoms with Crippen LogP contribution in [0.2, 0.25) is 5.02 Å². The van der Waals surface area contributed by atoms with E-state index in [4.69, 9.17) is 11.6 Å². The average molecular weight is 399 g/mol. The fourth-order valence-electron chi connectivity index (χ4n) is 2.37. The number of hydrogen-bond acceptors (Lipinski definition) is 2. The van der Waals surface area contributed by atoms with Crippen LogP contribution >= 0.6 is 11.6 Å². The summed E-state index contributed by atoms with van der Waals surface area (Å²) in [6.45, 7) is 0.394. The van der Waals surface area contributed by atoms with Crippen LogP contribution in [0.3, 0.4) is 0 Å². The van der Waals surface area contributed by atoms with E-state index < -0.39 is 30.0 Å². The molecule has 0 aliphatic rings. The molecular formula is C19H18ClF3N2O2. The van der Waals surface area contributed by atoms with E-state index in [9.17, 15) is 22.8 Å². The Bertz CT molecular complexity index is 795.